The first-order chi connectivity index (χ1) is 11.5. The highest BCUT2D eigenvalue weighted by atomic mass is 32.2. The molecule has 0 bridgehead atoms. The summed E-state index contributed by atoms with van der Waals surface area (Å²) < 4.78 is 26.9. The number of amides is 1. The summed E-state index contributed by atoms with van der Waals surface area (Å²) in [6.07, 6.45) is 2.93. The number of carbonyl (C=O) groups is 1. The van der Waals surface area contributed by atoms with Gasteiger partial charge in [0.05, 0.1) is 4.90 Å². The zero-order chi connectivity index (χ0) is 17.2. The molecular weight excluding hydrogens is 326 g/mol. The van der Waals surface area contributed by atoms with Crippen molar-refractivity contribution in [3.05, 3.63) is 29.8 Å². The number of sulfonamides is 1. The Labute approximate surface area is 143 Å². The fourth-order valence-corrected chi connectivity index (χ4v) is 4.24. The smallest absolute Gasteiger partial charge is 0.240 e. The van der Waals surface area contributed by atoms with Crippen molar-refractivity contribution in [2.75, 3.05) is 19.6 Å². The molecule has 1 amide bonds. The van der Waals surface area contributed by atoms with E-state index in [0.29, 0.717) is 17.7 Å². The molecule has 1 saturated carbocycles. The second kappa shape index (κ2) is 7.21. The van der Waals surface area contributed by atoms with Gasteiger partial charge in [0.2, 0.25) is 15.9 Å². The van der Waals surface area contributed by atoms with Gasteiger partial charge in [0, 0.05) is 38.1 Å². The van der Waals surface area contributed by atoms with Crippen LogP contribution in [0.1, 0.15) is 31.7 Å². The van der Waals surface area contributed by atoms with Gasteiger partial charge in [0.15, 0.2) is 0 Å². The highest BCUT2D eigenvalue weighted by Crippen LogP contribution is 2.22. The molecule has 6 nitrogen and oxygen atoms in total. The molecule has 132 valence electrons. The SMILES string of the molecule is C[C@H]1CNCCN1C(=O)CCc1ccc(S(=O)(=O)NC2CC2)cc1. The molecule has 7 heteroatoms. The van der Waals surface area contributed by atoms with E-state index >= 15 is 0 Å². The summed E-state index contributed by atoms with van der Waals surface area (Å²) >= 11 is 0. The van der Waals surface area contributed by atoms with Gasteiger partial charge in [-0.3, -0.25) is 4.79 Å². The minimum absolute atomic E-state index is 0.105. The summed E-state index contributed by atoms with van der Waals surface area (Å²) in [5, 5.41) is 3.27. The molecule has 1 saturated heterocycles. The Bertz CT molecular complexity index is 684. The summed E-state index contributed by atoms with van der Waals surface area (Å²) in [6.45, 7) is 4.49. The number of hydrogen-bond donors (Lipinski definition) is 2. The fourth-order valence-electron chi connectivity index (χ4n) is 2.93. The number of nitrogens with one attached hydrogen (secondary N) is 2. The van der Waals surface area contributed by atoms with Gasteiger partial charge in [0.25, 0.3) is 0 Å². The van der Waals surface area contributed by atoms with Gasteiger partial charge in [-0.2, -0.15) is 0 Å². The lowest BCUT2D eigenvalue weighted by atomic mass is 10.1. The molecule has 0 unspecified atom stereocenters. The lowest BCUT2D eigenvalue weighted by Crippen LogP contribution is -2.52. The third-order valence-corrected chi connectivity index (χ3v) is 6.12. The van der Waals surface area contributed by atoms with Crippen molar-refractivity contribution >= 4 is 15.9 Å². The first-order valence-electron chi connectivity index (χ1n) is 8.57. The van der Waals surface area contributed by atoms with Crippen LogP contribution in [0.5, 0.6) is 0 Å². The van der Waals surface area contributed by atoms with Gasteiger partial charge < -0.3 is 10.2 Å². The Kier molecular flexibility index (Phi) is 5.22. The largest absolute Gasteiger partial charge is 0.337 e. The minimum Gasteiger partial charge on any atom is -0.337 e. The number of benzene rings is 1. The van der Waals surface area contributed by atoms with Gasteiger partial charge in [-0.15, -0.1) is 0 Å². The number of piperazine rings is 1. The molecule has 2 fully saturated rings. The molecule has 2 N–H and O–H groups in total. The van der Waals surface area contributed by atoms with Crippen LogP contribution in [0.3, 0.4) is 0 Å². The maximum Gasteiger partial charge on any atom is 0.240 e. The molecule has 0 radical (unpaired) electrons. The van der Waals surface area contributed by atoms with Gasteiger partial charge in [0.1, 0.15) is 0 Å². The number of hydrogen-bond acceptors (Lipinski definition) is 4. The molecule has 1 aromatic carbocycles. The highest BCUT2D eigenvalue weighted by Gasteiger charge is 2.28. The third kappa shape index (κ3) is 4.34. The molecule has 1 aliphatic carbocycles. The number of nitrogens with zero attached hydrogens (tertiary/aromatic N) is 1. The van der Waals surface area contributed by atoms with Gasteiger partial charge in [-0.1, -0.05) is 12.1 Å². The molecule has 1 atom stereocenters. The predicted octanol–water partition coefficient (Wildman–Crippen LogP) is 0.880. The fraction of sp³-hybridized carbons (Fsp3) is 0.588. The summed E-state index contributed by atoms with van der Waals surface area (Å²) in [7, 11) is -3.40. The molecule has 24 heavy (non-hydrogen) atoms. The number of rotatable bonds is 6. The van der Waals surface area contributed by atoms with Crippen LogP contribution in [0.15, 0.2) is 29.2 Å². The van der Waals surface area contributed by atoms with Crippen LogP contribution >= 0.6 is 0 Å². The number of aryl methyl sites for hydroxylation is 1. The van der Waals surface area contributed by atoms with Crippen LogP contribution in [0.4, 0.5) is 0 Å². The van der Waals surface area contributed by atoms with Crippen LogP contribution in [0.25, 0.3) is 0 Å². The van der Waals surface area contributed by atoms with E-state index in [9.17, 15) is 13.2 Å². The number of carbonyl (C=O) groups excluding carboxylic acids is 1. The van der Waals surface area contributed by atoms with Crippen LogP contribution in [-0.2, 0) is 21.2 Å². The van der Waals surface area contributed by atoms with Crippen molar-refractivity contribution in [2.45, 2.75) is 49.6 Å². The Morgan fingerprint density at radius 2 is 2.00 bits per heavy atom. The van der Waals surface area contributed by atoms with Crippen molar-refractivity contribution in [1.29, 1.82) is 0 Å². The summed E-state index contributed by atoms with van der Waals surface area (Å²) in [5.74, 6) is 0.163. The van der Waals surface area contributed by atoms with Crippen LogP contribution in [0.2, 0.25) is 0 Å². The highest BCUT2D eigenvalue weighted by molar-refractivity contribution is 7.89. The first kappa shape index (κ1) is 17.4. The van der Waals surface area contributed by atoms with E-state index in [-0.39, 0.29) is 18.0 Å². The average Bonchev–Trinajstić information content (AvgIpc) is 3.37. The molecule has 1 heterocycles. The maximum atomic E-state index is 12.3. The third-order valence-electron chi connectivity index (χ3n) is 4.58. The van der Waals surface area contributed by atoms with Gasteiger partial charge in [-0.05, 0) is 43.9 Å². The van der Waals surface area contributed by atoms with E-state index in [4.69, 9.17) is 0 Å². The minimum atomic E-state index is -3.40. The van der Waals surface area contributed by atoms with E-state index < -0.39 is 10.0 Å². The molecular formula is C17H25N3O3S. The standard InChI is InChI=1S/C17H25N3O3S/c1-13-12-18-10-11-20(13)17(21)9-4-14-2-7-16(8-3-14)24(22,23)19-15-5-6-15/h2-3,7-8,13,15,18-19H,4-6,9-12H2,1H3/t13-/m0/s1. The molecule has 0 aromatic heterocycles. The van der Waals surface area contributed by atoms with Gasteiger partial charge >= 0.3 is 0 Å². The van der Waals surface area contributed by atoms with E-state index in [1.165, 1.54) is 0 Å². The normalized spacial score (nSPS) is 21.7. The van der Waals surface area contributed by atoms with Crippen molar-refractivity contribution in [2.24, 2.45) is 0 Å². The second-order valence-corrected chi connectivity index (χ2v) is 8.39. The first-order valence-corrected chi connectivity index (χ1v) is 10.1. The second-order valence-electron chi connectivity index (χ2n) is 6.68. The van der Waals surface area contributed by atoms with Crippen LogP contribution in [0, 0.1) is 0 Å². The lowest BCUT2D eigenvalue weighted by molar-refractivity contribution is -0.133. The molecule has 1 aromatic rings. The molecule has 2 aliphatic rings. The summed E-state index contributed by atoms with van der Waals surface area (Å²) in [5.41, 5.74) is 0.983. The van der Waals surface area contributed by atoms with E-state index in [1.807, 2.05) is 4.90 Å². The van der Waals surface area contributed by atoms with E-state index in [0.717, 1.165) is 38.0 Å². The van der Waals surface area contributed by atoms with E-state index in [2.05, 4.69) is 17.0 Å². The van der Waals surface area contributed by atoms with Crippen molar-refractivity contribution in [3.63, 3.8) is 0 Å². The zero-order valence-electron chi connectivity index (χ0n) is 14.0. The lowest BCUT2D eigenvalue weighted by Gasteiger charge is -2.34. The van der Waals surface area contributed by atoms with Crippen LogP contribution < -0.4 is 10.0 Å². The quantitative estimate of drug-likeness (QED) is 0.797. The monoisotopic (exact) mass is 351 g/mol. The molecule has 1 aliphatic heterocycles. The predicted molar refractivity (Wildman–Crippen MR) is 92.2 cm³/mol. The maximum absolute atomic E-state index is 12.3. The average molecular weight is 351 g/mol. The Hall–Kier alpha value is -1.44. The van der Waals surface area contributed by atoms with Crippen molar-refractivity contribution in [1.82, 2.24) is 14.9 Å². The van der Waals surface area contributed by atoms with E-state index in [1.54, 1.807) is 24.3 Å². The van der Waals surface area contributed by atoms with Crippen molar-refractivity contribution in [3.8, 4) is 0 Å². The Morgan fingerprint density at radius 3 is 2.62 bits per heavy atom. The molecule has 3 rings (SSSR count). The van der Waals surface area contributed by atoms with Crippen LogP contribution in [-0.4, -0.2) is 50.9 Å². The Balaban J connectivity index is 1.55. The zero-order valence-corrected chi connectivity index (χ0v) is 14.8. The summed E-state index contributed by atoms with van der Waals surface area (Å²) in [4.78, 5) is 14.5. The van der Waals surface area contributed by atoms with Crippen molar-refractivity contribution < 1.29 is 13.2 Å². The topological polar surface area (TPSA) is 78.5 Å². The summed E-state index contributed by atoms with van der Waals surface area (Å²) in [6, 6.07) is 7.18. The molecule has 0 spiro atoms. The Morgan fingerprint density at radius 1 is 1.29 bits per heavy atom. The van der Waals surface area contributed by atoms with Gasteiger partial charge in [-0.25, -0.2) is 13.1 Å².